The van der Waals surface area contributed by atoms with Crippen LogP contribution in [0.1, 0.15) is 53.9 Å². The highest BCUT2D eigenvalue weighted by Crippen LogP contribution is 2.39. The summed E-state index contributed by atoms with van der Waals surface area (Å²) in [5, 5.41) is 15.2. The van der Waals surface area contributed by atoms with Crippen molar-refractivity contribution < 1.29 is 33.8 Å². The van der Waals surface area contributed by atoms with Crippen molar-refractivity contribution in [2.75, 3.05) is 24.3 Å². The minimum atomic E-state index is -0.992. The van der Waals surface area contributed by atoms with Crippen molar-refractivity contribution >= 4 is 63.4 Å². The highest BCUT2D eigenvalue weighted by molar-refractivity contribution is 8.00. The molecule has 4 rings (SSSR count). The van der Waals surface area contributed by atoms with Crippen LogP contribution in [0.3, 0.4) is 0 Å². The maximum absolute atomic E-state index is 13.4. The number of thioether (sulfide) groups is 1. The molecule has 3 amide bonds. The molecule has 3 atom stereocenters. The van der Waals surface area contributed by atoms with E-state index in [2.05, 4.69) is 10.6 Å². The van der Waals surface area contributed by atoms with E-state index in [4.69, 9.17) is 4.74 Å². The molecule has 1 aliphatic carbocycles. The van der Waals surface area contributed by atoms with Crippen molar-refractivity contribution in [2.24, 2.45) is 11.8 Å². The summed E-state index contributed by atoms with van der Waals surface area (Å²) in [4.78, 5) is 65.8. The number of esters is 1. The van der Waals surface area contributed by atoms with Crippen LogP contribution in [-0.4, -0.2) is 58.6 Å². The molecule has 2 aromatic rings. The molecule has 218 valence electrons. The van der Waals surface area contributed by atoms with Gasteiger partial charge in [-0.1, -0.05) is 25.1 Å². The zero-order valence-corrected chi connectivity index (χ0v) is 24.7. The first-order chi connectivity index (χ1) is 19.6. The van der Waals surface area contributed by atoms with Gasteiger partial charge >= 0.3 is 11.9 Å². The second-order valence-corrected chi connectivity index (χ2v) is 12.3. The summed E-state index contributed by atoms with van der Waals surface area (Å²) in [6.07, 6.45) is 5.29. The zero-order valence-electron chi connectivity index (χ0n) is 23.1. The van der Waals surface area contributed by atoms with Crippen molar-refractivity contribution in [1.29, 1.82) is 0 Å². The molecular formula is C29H33N3O7S2. The number of carboxylic acids is 1. The summed E-state index contributed by atoms with van der Waals surface area (Å²) < 4.78 is 5.01. The van der Waals surface area contributed by atoms with Crippen LogP contribution in [0.25, 0.3) is 0 Å². The molecular weight excluding hydrogens is 566 g/mol. The number of aliphatic carboxylic acids is 1. The number of allylic oxidation sites excluding steroid dienone is 2. The van der Waals surface area contributed by atoms with E-state index in [0.29, 0.717) is 55.0 Å². The number of hydrogen-bond donors (Lipinski definition) is 3. The minimum absolute atomic E-state index is 0.0487. The fraction of sp³-hybridized carbons (Fsp3) is 0.414. The number of ether oxygens (including phenoxy) is 1. The summed E-state index contributed by atoms with van der Waals surface area (Å²) in [5.74, 6) is -3.63. The molecule has 3 N–H and O–H groups in total. The van der Waals surface area contributed by atoms with Crippen LogP contribution in [0.4, 0.5) is 10.7 Å². The van der Waals surface area contributed by atoms with E-state index in [-0.39, 0.29) is 17.7 Å². The number of carbonyl (C=O) groups is 5. The van der Waals surface area contributed by atoms with Gasteiger partial charge in [0.1, 0.15) is 5.00 Å². The van der Waals surface area contributed by atoms with Gasteiger partial charge < -0.3 is 25.4 Å². The topological polar surface area (TPSA) is 142 Å². The summed E-state index contributed by atoms with van der Waals surface area (Å²) in [6, 6.07) is 7.08. The number of fused-ring (bicyclic) bond motifs is 1. The van der Waals surface area contributed by atoms with Crippen molar-refractivity contribution in [2.45, 2.75) is 56.2 Å². The monoisotopic (exact) mass is 599 g/mol. The minimum Gasteiger partial charge on any atom is -0.481 e. The molecule has 12 heteroatoms. The number of thiophene rings is 1. The molecule has 2 aliphatic rings. The third kappa shape index (κ3) is 6.99. The van der Waals surface area contributed by atoms with E-state index < -0.39 is 29.0 Å². The standard InChI is InChI=1S/C29H33N3O7S2/c1-4-22(26(35)31-27-24(29(38)39-3)21-12-13-32(16(2)33)15-23(21)41-27)40-18-9-7-8-17(14-18)30-25(34)19-10-5-6-11-20(19)28(36)37/h5-9,14,19-20,22H,4,10-13,15H2,1-3H3,(H,30,34)(H,31,35)(H,36,37). The molecule has 0 bridgehead atoms. The predicted octanol–water partition coefficient (Wildman–Crippen LogP) is 4.55. The lowest BCUT2D eigenvalue weighted by molar-refractivity contribution is -0.146. The molecule has 41 heavy (non-hydrogen) atoms. The van der Waals surface area contributed by atoms with Crippen LogP contribution in [-0.2, 0) is 36.9 Å². The van der Waals surface area contributed by atoms with Gasteiger partial charge in [-0.3, -0.25) is 19.2 Å². The Morgan fingerprint density at radius 3 is 2.54 bits per heavy atom. The maximum Gasteiger partial charge on any atom is 0.341 e. The van der Waals surface area contributed by atoms with Crippen LogP contribution in [0.15, 0.2) is 41.3 Å². The summed E-state index contributed by atoms with van der Waals surface area (Å²) >= 11 is 2.61. The number of nitrogens with zero attached hydrogens (tertiary/aromatic N) is 1. The smallest absolute Gasteiger partial charge is 0.341 e. The molecule has 0 radical (unpaired) electrons. The normalized spacial score (nSPS) is 18.7. The Hall–Kier alpha value is -3.64. The number of hydrogen-bond acceptors (Lipinski definition) is 8. The fourth-order valence-electron chi connectivity index (χ4n) is 5.02. The van der Waals surface area contributed by atoms with Crippen LogP contribution in [0.5, 0.6) is 0 Å². The first-order valence-corrected chi connectivity index (χ1v) is 15.1. The maximum atomic E-state index is 13.4. The summed E-state index contributed by atoms with van der Waals surface area (Å²) in [7, 11) is 1.30. The lowest BCUT2D eigenvalue weighted by Crippen LogP contribution is -2.34. The van der Waals surface area contributed by atoms with E-state index in [0.717, 1.165) is 15.3 Å². The Labute approximate surface area is 246 Å². The van der Waals surface area contributed by atoms with Crippen LogP contribution >= 0.6 is 23.1 Å². The molecule has 1 aromatic carbocycles. The Kier molecular flexibility index (Phi) is 9.87. The van der Waals surface area contributed by atoms with E-state index in [1.165, 1.54) is 37.1 Å². The highest BCUT2D eigenvalue weighted by atomic mass is 32.2. The van der Waals surface area contributed by atoms with Gasteiger partial charge in [-0.25, -0.2) is 4.79 Å². The van der Waals surface area contributed by atoms with Gasteiger partial charge in [0.05, 0.1) is 36.3 Å². The van der Waals surface area contributed by atoms with Crippen molar-refractivity contribution in [3.63, 3.8) is 0 Å². The summed E-state index contributed by atoms with van der Waals surface area (Å²) in [6.45, 7) is 4.26. The number of methoxy groups -OCH3 is 1. The van der Waals surface area contributed by atoms with E-state index in [9.17, 15) is 29.1 Å². The Bertz CT molecular complexity index is 1390. The molecule has 10 nitrogen and oxygen atoms in total. The van der Waals surface area contributed by atoms with Crippen molar-refractivity contribution in [1.82, 2.24) is 4.90 Å². The number of anilines is 2. The second kappa shape index (κ2) is 13.3. The number of nitrogens with one attached hydrogen (secondary N) is 2. The molecule has 1 aliphatic heterocycles. The van der Waals surface area contributed by atoms with E-state index in [1.807, 2.05) is 19.1 Å². The third-order valence-electron chi connectivity index (χ3n) is 7.26. The van der Waals surface area contributed by atoms with Crippen molar-refractivity contribution in [3.8, 4) is 0 Å². The van der Waals surface area contributed by atoms with Gasteiger partial charge in [-0.2, -0.15) is 0 Å². The number of benzene rings is 1. The molecule has 1 aromatic heterocycles. The second-order valence-electron chi connectivity index (χ2n) is 9.91. The van der Waals surface area contributed by atoms with Crippen LogP contribution in [0, 0.1) is 11.8 Å². The molecule has 0 spiro atoms. The number of rotatable bonds is 9. The van der Waals surface area contributed by atoms with E-state index >= 15 is 0 Å². The molecule has 0 saturated carbocycles. The van der Waals surface area contributed by atoms with Gasteiger partial charge in [0, 0.05) is 28.9 Å². The molecule has 3 unspecified atom stereocenters. The number of carbonyl (C=O) groups excluding carboxylic acids is 4. The Morgan fingerprint density at radius 1 is 1.15 bits per heavy atom. The van der Waals surface area contributed by atoms with E-state index in [1.54, 1.807) is 29.2 Å². The first-order valence-electron chi connectivity index (χ1n) is 13.4. The third-order valence-corrected chi connectivity index (χ3v) is 9.75. The molecule has 0 saturated heterocycles. The average Bonchev–Trinajstić information content (AvgIpc) is 3.32. The predicted molar refractivity (Wildman–Crippen MR) is 157 cm³/mol. The fourth-order valence-corrected chi connectivity index (χ4v) is 7.28. The largest absolute Gasteiger partial charge is 0.481 e. The molecule has 2 heterocycles. The van der Waals surface area contributed by atoms with Gasteiger partial charge in [0.15, 0.2) is 0 Å². The van der Waals surface area contributed by atoms with Crippen LogP contribution in [0.2, 0.25) is 0 Å². The first kappa shape index (κ1) is 30.3. The van der Waals surface area contributed by atoms with Gasteiger partial charge in [-0.05, 0) is 49.4 Å². The van der Waals surface area contributed by atoms with Crippen LogP contribution < -0.4 is 10.6 Å². The quantitative estimate of drug-likeness (QED) is 0.216. The average molecular weight is 600 g/mol. The number of carboxylic acid groups (broad SMARTS) is 1. The number of amides is 3. The Morgan fingerprint density at radius 2 is 1.88 bits per heavy atom. The molecule has 0 fully saturated rings. The van der Waals surface area contributed by atoms with Gasteiger partial charge in [-0.15, -0.1) is 23.1 Å². The highest BCUT2D eigenvalue weighted by Gasteiger charge is 2.34. The summed E-state index contributed by atoms with van der Waals surface area (Å²) in [5.41, 5.74) is 1.66. The lowest BCUT2D eigenvalue weighted by Gasteiger charge is -2.25. The zero-order chi connectivity index (χ0) is 29.7. The SMILES string of the molecule is CCC(Sc1cccc(NC(=O)C2CC=CCC2C(=O)O)c1)C(=O)Nc1sc2c(c1C(=O)OC)CCN(C(C)=O)C2. The lowest BCUT2D eigenvalue weighted by atomic mass is 9.82. The van der Waals surface area contributed by atoms with Crippen molar-refractivity contribution in [3.05, 3.63) is 52.4 Å². The van der Waals surface area contributed by atoms with Gasteiger partial charge in [0.25, 0.3) is 0 Å². The Balaban J connectivity index is 1.47. The van der Waals surface area contributed by atoms with Gasteiger partial charge in [0.2, 0.25) is 17.7 Å².